The van der Waals surface area contributed by atoms with Gasteiger partial charge in [0.1, 0.15) is 5.82 Å². The summed E-state index contributed by atoms with van der Waals surface area (Å²) in [6.07, 6.45) is -3.91. The minimum atomic E-state index is -4.49. The Labute approximate surface area is 165 Å². The molecule has 3 rings (SSSR count). The highest BCUT2D eigenvalue weighted by molar-refractivity contribution is 7.91. The minimum Gasteiger partial charge on any atom is -0.301 e. The van der Waals surface area contributed by atoms with Gasteiger partial charge in [-0.2, -0.15) is 18.3 Å². The Morgan fingerprint density at radius 2 is 1.89 bits per heavy atom. The Hall–Kier alpha value is -2.00. The predicted octanol–water partition coefficient (Wildman–Crippen LogP) is 4.24. The molecule has 0 bridgehead atoms. The van der Waals surface area contributed by atoms with Crippen molar-refractivity contribution in [3.05, 3.63) is 46.7 Å². The number of aryl methyl sites for hydroxylation is 2. The van der Waals surface area contributed by atoms with E-state index in [2.05, 4.69) is 5.10 Å². The van der Waals surface area contributed by atoms with E-state index in [-0.39, 0.29) is 12.2 Å². The number of benzene rings is 1. The van der Waals surface area contributed by atoms with E-state index in [1.165, 1.54) is 0 Å². The summed E-state index contributed by atoms with van der Waals surface area (Å²) in [5, 5.41) is 5.88. The van der Waals surface area contributed by atoms with Crippen LogP contribution in [-0.4, -0.2) is 40.4 Å². The van der Waals surface area contributed by atoms with E-state index in [1.54, 1.807) is 24.7 Å². The van der Waals surface area contributed by atoms with Crippen LogP contribution in [0.5, 0.6) is 0 Å². The maximum absolute atomic E-state index is 12.4. The van der Waals surface area contributed by atoms with E-state index in [0.717, 1.165) is 10.9 Å². The molecule has 0 aliphatic rings. The van der Waals surface area contributed by atoms with Crippen molar-refractivity contribution in [1.29, 1.82) is 0 Å². The number of aromatic nitrogens is 3. The number of halogens is 4. The molecule has 10 heteroatoms. The summed E-state index contributed by atoms with van der Waals surface area (Å²) in [6.45, 7) is 1.75. The lowest BCUT2D eigenvalue weighted by Crippen LogP contribution is -2.20. The third kappa shape index (κ3) is 4.52. The lowest BCUT2D eigenvalue weighted by molar-refractivity contribution is -0.129. The number of alkyl halides is 3. The molecule has 2 heterocycles. The van der Waals surface area contributed by atoms with Gasteiger partial charge in [0.15, 0.2) is 9.84 Å². The van der Waals surface area contributed by atoms with Crippen molar-refractivity contribution in [2.75, 3.05) is 11.5 Å². The summed E-state index contributed by atoms with van der Waals surface area (Å²) in [6, 6.07) is 7.31. The molecular weight excluding hydrogens is 415 g/mol. The summed E-state index contributed by atoms with van der Waals surface area (Å²) < 4.78 is 64.7. The van der Waals surface area contributed by atoms with Crippen LogP contribution in [0.25, 0.3) is 16.7 Å². The van der Waals surface area contributed by atoms with Gasteiger partial charge in [-0.25, -0.2) is 8.42 Å². The van der Waals surface area contributed by atoms with Crippen molar-refractivity contribution in [1.82, 2.24) is 14.3 Å². The number of rotatable bonds is 6. The third-order valence-electron chi connectivity index (χ3n) is 4.55. The topological polar surface area (TPSA) is 56.9 Å². The Bertz CT molecular complexity index is 1120. The lowest BCUT2D eigenvalue weighted by atomic mass is 10.2. The highest BCUT2D eigenvalue weighted by Gasteiger charge is 2.30. The van der Waals surface area contributed by atoms with Crippen molar-refractivity contribution in [3.63, 3.8) is 0 Å². The molecule has 0 saturated heterocycles. The fourth-order valence-electron chi connectivity index (χ4n) is 3.21. The van der Waals surface area contributed by atoms with Crippen LogP contribution in [0.4, 0.5) is 13.2 Å². The van der Waals surface area contributed by atoms with Crippen LogP contribution in [0.15, 0.2) is 30.5 Å². The summed E-state index contributed by atoms with van der Waals surface area (Å²) in [5.41, 5.74) is 2.19. The number of hydrogen-bond acceptors (Lipinski definition) is 3. The average molecular weight is 434 g/mol. The summed E-state index contributed by atoms with van der Waals surface area (Å²) in [4.78, 5) is 0. The van der Waals surface area contributed by atoms with Crippen molar-refractivity contribution >= 4 is 32.3 Å². The van der Waals surface area contributed by atoms with Gasteiger partial charge in [0.2, 0.25) is 0 Å². The molecular formula is C18H19ClF3N3O2S. The number of sulfone groups is 1. The van der Waals surface area contributed by atoms with Crippen LogP contribution >= 0.6 is 11.6 Å². The summed E-state index contributed by atoms with van der Waals surface area (Å²) in [5.74, 6) is -0.593. The smallest absolute Gasteiger partial charge is 0.301 e. The normalized spacial score (nSPS) is 12.8. The molecule has 0 aliphatic heterocycles. The zero-order valence-corrected chi connectivity index (χ0v) is 16.9. The monoisotopic (exact) mass is 433 g/mol. The van der Waals surface area contributed by atoms with Gasteiger partial charge < -0.3 is 4.57 Å². The first-order valence-corrected chi connectivity index (χ1v) is 10.7. The highest BCUT2D eigenvalue weighted by Crippen LogP contribution is 2.27. The van der Waals surface area contributed by atoms with Crippen LogP contribution in [0.1, 0.15) is 17.7 Å². The largest absolute Gasteiger partial charge is 0.390 e. The number of nitrogens with zero attached hydrogens (tertiary/aromatic N) is 3. The third-order valence-corrected chi connectivity index (χ3v) is 6.44. The van der Waals surface area contributed by atoms with E-state index in [9.17, 15) is 21.6 Å². The van der Waals surface area contributed by atoms with Crippen LogP contribution in [0.3, 0.4) is 0 Å². The average Bonchev–Trinajstić information content (AvgIpc) is 3.10. The summed E-state index contributed by atoms with van der Waals surface area (Å²) in [7, 11) is -2.10. The van der Waals surface area contributed by atoms with Gasteiger partial charge in [0, 0.05) is 29.2 Å². The second-order valence-corrected chi connectivity index (χ2v) is 9.41. The molecule has 0 fully saturated rings. The predicted molar refractivity (Wildman–Crippen MR) is 103 cm³/mol. The maximum Gasteiger partial charge on any atom is 0.390 e. The molecule has 0 unspecified atom stereocenters. The molecule has 5 nitrogen and oxygen atoms in total. The van der Waals surface area contributed by atoms with Crippen LogP contribution in [0.2, 0.25) is 5.02 Å². The second-order valence-electron chi connectivity index (χ2n) is 6.67. The Morgan fingerprint density at radius 3 is 2.57 bits per heavy atom. The molecule has 0 radical (unpaired) electrons. The molecule has 0 atom stereocenters. The Balaban J connectivity index is 1.91. The Kier molecular flexibility index (Phi) is 5.51. The van der Waals surface area contributed by atoms with Crippen molar-refractivity contribution in [2.45, 2.75) is 25.9 Å². The molecule has 28 heavy (non-hydrogen) atoms. The van der Waals surface area contributed by atoms with Gasteiger partial charge in [-0.05, 0) is 37.6 Å². The van der Waals surface area contributed by atoms with E-state index in [0.29, 0.717) is 22.1 Å². The standard InChI is InChI=1S/C18H19ClF3N3O2S/c1-12-15(6-9-28(26,27)10-7-18(20,21)22)17(24(2)23-12)25-8-5-13-11-14(19)3-4-16(13)25/h3-5,8,11H,6-7,9-10H2,1-2H3. The van der Waals surface area contributed by atoms with Crippen LogP contribution in [0, 0.1) is 6.92 Å². The van der Waals surface area contributed by atoms with Crippen molar-refractivity contribution in [3.8, 4) is 5.82 Å². The molecule has 3 aromatic rings. The van der Waals surface area contributed by atoms with E-state index in [4.69, 9.17) is 11.6 Å². The van der Waals surface area contributed by atoms with Crippen LogP contribution in [-0.2, 0) is 23.3 Å². The van der Waals surface area contributed by atoms with Gasteiger partial charge in [-0.3, -0.25) is 4.68 Å². The molecule has 152 valence electrons. The van der Waals surface area contributed by atoms with E-state index < -0.39 is 28.2 Å². The van der Waals surface area contributed by atoms with Crippen LogP contribution < -0.4 is 0 Å². The van der Waals surface area contributed by atoms with Crippen molar-refractivity contribution < 1.29 is 21.6 Å². The summed E-state index contributed by atoms with van der Waals surface area (Å²) >= 11 is 6.03. The molecule has 0 amide bonds. The second kappa shape index (κ2) is 7.44. The highest BCUT2D eigenvalue weighted by atomic mass is 35.5. The number of fused-ring (bicyclic) bond motifs is 1. The SMILES string of the molecule is Cc1nn(C)c(-n2ccc3cc(Cl)ccc32)c1CCS(=O)(=O)CCC(F)(F)F. The molecule has 0 spiro atoms. The Morgan fingerprint density at radius 1 is 1.18 bits per heavy atom. The van der Waals surface area contributed by atoms with E-state index >= 15 is 0 Å². The molecule has 0 N–H and O–H groups in total. The zero-order chi connectivity index (χ0) is 20.7. The first-order valence-electron chi connectivity index (χ1n) is 8.53. The zero-order valence-electron chi connectivity index (χ0n) is 15.3. The fourth-order valence-corrected chi connectivity index (χ4v) is 4.66. The molecule has 0 aliphatic carbocycles. The fraction of sp³-hybridized carbons (Fsp3) is 0.389. The molecule has 0 saturated carbocycles. The minimum absolute atomic E-state index is 0.0858. The first kappa shape index (κ1) is 20.7. The first-order chi connectivity index (χ1) is 13.0. The maximum atomic E-state index is 12.4. The molecule has 1 aromatic carbocycles. The van der Waals surface area contributed by atoms with Gasteiger partial charge in [0.05, 0.1) is 29.1 Å². The quantitative estimate of drug-likeness (QED) is 0.584. The van der Waals surface area contributed by atoms with E-state index in [1.807, 2.05) is 29.0 Å². The van der Waals surface area contributed by atoms with Gasteiger partial charge >= 0.3 is 6.18 Å². The molecule has 2 aromatic heterocycles. The lowest BCUT2D eigenvalue weighted by Gasteiger charge is -2.11. The van der Waals surface area contributed by atoms with Gasteiger partial charge in [-0.1, -0.05) is 11.6 Å². The van der Waals surface area contributed by atoms with Gasteiger partial charge in [-0.15, -0.1) is 0 Å². The van der Waals surface area contributed by atoms with Crippen molar-refractivity contribution in [2.24, 2.45) is 7.05 Å². The number of hydrogen-bond donors (Lipinski definition) is 0. The van der Waals surface area contributed by atoms with Gasteiger partial charge in [0.25, 0.3) is 0 Å².